The molecule has 8 heteroatoms. The van der Waals surface area contributed by atoms with Crippen LogP contribution in [-0.4, -0.2) is 17.6 Å². The topological polar surface area (TPSA) is 58.2 Å². The fourth-order valence-electron chi connectivity index (χ4n) is 3.11. The fraction of sp³-hybridized carbons (Fsp3) is 0.143. The number of hydrogen-bond acceptors (Lipinski definition) is 4. The lowest BCUT2D eigenvalue weighted by Gasteiger charge is -2.26. The SMILES string of the molecule is O=C(NC1CCSc2ccc(Cl)cc21)c1ccc(Cl)c(NC(=O)c2cccs2)c1. The molecule has 4 rings (SSSR count). The summed E-state index contributed by atoms with van der Waals surface area (Å²) in [5.74, 6) is 0.436. The van der Waals surface area contributed by atoms with Gasteiger partial charge in [0.2, 0.25) is 0 Å². The monoisotopic (exact) mass is 462 g/mol. The van der Waals surface area contributed by atoms with Crippen molar-refractivity contribution in [1.82, 2.24) is 5.32 Å². The minimum Gasteiger partial charge on any atom is -0.345 e. The van der Waals surface area contributed by atoms with Gasteiger partial charge in [-0.25, -0.2) is 0 Å². The van der Waals surface area contributed by atoms with E-state index in [9.17, 15) is 9.59 Å². The molecule has 0 saturated carbocycles. The Bertz CT molecular complexity index is 1070. The molecule has 148 valence electrons. The maximum Gasteiger partial charge on any atom is 0.265 e. The molecule has 1 atom stereocenters. The summed E-state index contributed by atoms with van der Waals surface area (Å²) in [5, 5.41) is 8.70. The van der Waals surface area contributed by atoms with Crippen LogP contribution in [0.4, 0.5) is 5.69 Å². The summed E-state index contributed by atoms with van der Waals surface area (Å²) in [5.41, 5.74) is 1.86. The molecule has 0 saturated heterocycles. The number of fused-ring (bicyclic) bond motifs is 1. The lowest BCUT2D eigenvalue weighted by atomic mass is 10.0. The summed E-state index contributed by atoms with van der Waals surface area (Å²) >= 11 is 15.5. The number of carbonyl (C=O) groups is 2. The van der Waals surface area contributed by atoms with Crippen LogP contribution in [0.5, 0.6) is 0 Å². The number of hydrogen-bond donors (Lipinski definition) is 2. The zero-order chi connectivity index (χ0) is 20.4. The number of anilines is 1. The molecule has 2 amide bonds. The number of halogens is 2. The highest BCUT2D eigenvalue weighted by molar-refractivity contribution is 7.99. The van der Waals surface area contributed by atoms with Crippen molar-refractivity contribution in [3.63, 3.8) is 0 Å². The van der Waals surface area contributed by atoms with Gasteiger partial charge in [0, 0.05) is 21.2 Å². The van der Waals surface area contributed by atoms with Gasteiger partial charge in [-0.3, -0.25) is 9.59 Å². The lowest BCUT2D eigenvalue weighted by molar-refractivity contribution is 0.0934. The first-order valence-electron chi connectivity index (χ1n) is 8.89. The van der Waals surface area contributed by atoms with Crippen molar-refractivity contribution < 1.29 is 9.59 Å². The predicted octanol–water partition coefficient (Wildman–Crippen LogP) is 6.27. The Kier molecular flexibility index (Phi) is 6.15. The Morgan fingerprint density at radius 2 is 1.90 bits per heavy atom. The number of benzene rings is 2. The van der Waals surface area contributed by atoms with Gasteiger partial charge in [0.25, 0.3) is 11.8 Å². The maximum atomic E-state index is 12.9. The molecule has 1 unspecified atom stereocenters. The first kappa shape index (κ1) is 20.3. The summed E-state index contributed by atoms with van der Waals surface area (Å²) in [7, 11) is 0. The van der Waals surface area contributed by atoms with Crippen LogP contribution in [-0.2, 0) is 0 Å². The van der Waals surface area contributed by atoms with E-state index < -0.39 is 0 Å². The van der Waals surface area contributed by atoms with Crippen molar-refractivity contribution in [1.29, 1.82) is 0 Å². The van der Waals surface area contributed by atoms with E-state index in [0.717, 1.165) is 22.6 Å². The zero-order valence-electron chi connectivity index (χ0n) is 15.1. The quantitative estimate of drug-likeness (QED) is 0.479. The molecule has 0 fully saturated rings. The molecule has 2 aromatic carbocycles. The number of carbonyl (C=O) groups excluding carboxylic acids is 2. The normalized spacial score (nSPS) is 15.4. The Morgan fingerprint density at radius 1 is 1.03 bits per heavy atom. The highest BCUT2D eigenvalue weighted by Gasteiger charge is 2.23. The van der Waals surface area contributed by atoms with E-state index >= 15 is 0 Å². The fourth-order valence-corrected chi connectivity index (χ4v) is 5.18. The second-order valence-corrected chi connectivity index (χ2v) is 9.40. The summed E-state index contributed by atoms with van der Waals surface area (Å²) in [6.07, 6.45) is 0.819. The van der Waals surface area contributed by atoms with Crippen molar-refractivity contribution in [3.8, 4) is 0 Å². The lowest BCUT2D eigenvalue weighted by Crippen LogP contribution is -2.30. The van der Waals surface area contributed by atoms with Crippen molar-refractivity contribution in [2.45, 2.75) is 17.4 Å². The van der Waals surface area contributed by atoms with E-state index in [1.807, 2.05) is 23.6 Å². The molecule has 0 spiro atoms. The standard InChI is InChI=1S/C21H16Cl2N2O2S2/c22-13-4-6-18-14(11-13)16(7-9-29-18)24-20(26)12-3-5-15(23)17(10-12)25-21(27)19-2-1-8-28-19/h1-6,8,10-11,16H,7,9H2,(H,24,26)(H,25,27). The van der Waals surface area contributed by atoms with Gasteiger partial charge in [-0.1, -0.05) is 29.3 Å². The first-order valence-corrected chi connectivity index (χ1v) is 11.5. The Balaban J connectivity index is 1.53. The Labute approximate surface area is 186 Å². The third kappa shape index (κ3) is 4.61. The molecule has 0 aliphatic carbocycles. The summed E-state index contributed by atoms with van der Waals surface area (Å²) < 4.78 is 0. The van der Waals surface area contributed by atoms with Gasteiger partial charge >= 0.3 is 0 Å². The van der Waals surface area contributed by atoms with Crippen LogP contribution in [0.25, 0.3) is 0 Å². The third-order valence-electron chi connectivity index (χ3n) is 4.54. The zero-order valence-corrected chi connectivity index (χ0v) is 18.2. The average molecular weight is 463 g/mol. The van der Waals surface area contributed by atoms with Crippen LogP contribution >= 0.6 is 46.3 Å². The molecule has 29 heavy (non-hydrogen) atoms. The average Bonchev–Trinajstić information content (AvgIpc) is 3.25. The predicted molar refractivity (Wildman–Crippen MR) is 121 cm³/mol. The van der Waals surface area contributed by atoms with Crippen LogP contribution < -0.4 is 10.6 Å². The van der Waals surface area contributed by atoms with E-state index in [1.54, 1.807) is 42.1 Å². The van der Waals surface area contributed by atoms with E-state index in [2.05, 4.69) is 10.6 Å². The van der Waals surface area contributed by atoms with Crippen LogP contribution in [0.2, 0.25) is 10.0 Å². The van der Waals surface area contributed by atoms with E-state index in [4.69, 9.17) is 23.2 Å². The molecular formula is C21H16Cl2N2O2S2. The van der Waals surface area contributed by atoms with Crippen molar-refractivity contribution in [2.75, 3.05) is 11.1 Å². The van der Waals surface area contributed by atoms with Gasteiger partial charge in [-0.2, -0.15) is 0 Å². The molecule has 0 bridgehead atoms. The van der Waals surface area contributed by atoms with Crippen LogP contribution in [0.15, 0.2) is 58.8 Å². The van der Waals surface area contributed by atoms with Crippen molar-refractivity contribution in [3.05, 3.63) is 80.0 Å². The van der Waals surface area contributed by atoms with Crippen molar-refractivity contribution in [2.24, 2.45) is 0 Å². The van der Waals surface area contributed by atoms with E-state index in [-0.39, 0.29) is 17.9 Å². The third-order valence-corrected chi connectivity index (χ3v) is 7.09. The molecule has 0 radical (unpaired) electrons. The van der Waals surface area contributed by atoms with Crippen LogP contribution in [0.3, 0.4) is 0 Å². The van der Waals surface area contributed by atoms with Crippen molar-refractivity contribution >= 4 is 63.8 Å². The van der Waals surface area contributed by atoms with Gasteiger partial charge in [-0.15, -0.1) is 23.1 Å². The van der Waals surface area contributed by atoms with Crippen LogP contribution in [0.1, 0.15) is 38.1 Å². The van der Waals surface area contributed by atoms with Gasteiger partial charge in [0.15, 0.2) is 0 Å². The Hall–Kier alpha value is -1.99. The second-order valence-electron chi connectivity index (χ2n) is 6.47. The molecular weight excluding hydrogens is 447 g/mol. The van der Waals surface area contributed by atoms with Crippen LogP contribution in [0, 0.1) is 0 Å². The number of amides is 2. The molecule has 2 N–H and O–H groups in total. The molecule has 1 aliphatic rings. The number of nitrogens with one attached hydrogen (secondary N) is 2. The number of rotatable bonds is 4. The smallest absolute Gasteiger partial charge is 0.265 e. The highest BCUT2D eigenvalue weighted by atomic mass is 35.5. The van der Waals surface area contributed by atoms with Gasteiger partial charge in [0.05, 0.1) is 21.6 Å². The summed E-state index contributed by atoms with van der Waals surface area (Å²) in [6.45, 7) is 0. The molecule has 1 aliphatic heterocycles. The second kappa shape index (κ2) is 8.79. The highest BCUT2D eigenvalue weighted by Crippen LogP contribution is 2.37. The van der Waals surface area contributed by atoms with Gasteiger partial charge < -0.3 is 10.6 Å². The molecule has 1 aromatic heterocycles. The molecule has 4 nitrogen and oxygen atoms in total. The minimum atomic E-state index is -0.257. The van der Waals surface area contributed by atoms with Gasteiger partial charge in [0.1, 0.15) is 0 Å². The molecule has 2 heterocycles. The summed E-state index contributed by atoms with van der Waals surface area (Å²) in [6, 6.07) is 14.0. The van der Waals surface area contributed by atoms with E-state index in [0.29, 0.717) is 26.2 Å². The molecule has 3 aromatic rings. The Morgan fingerprint density at radius 3 is 2.69 bits per heavy atom. The minimum absolute atomic E-state index is 0.114. The van der Waals surface area contributed by atoms with Gasteiger partial charge in [-0.05, 0) is 59.8 Å². The largest absolute Gasteiger partial charge is 0.345 e. The maximum absolute atomic E-state index is 12.9. The van der Waals surface area contributed by atoms with E-state index in [1.165, 1.54) is 11.3 Å². The number of thiophene rings is 1. The first-order chi connectivity index (χ1) is 14.0. The number of thioether (sulfide) groups is 1. The summed E-state index contributed by atoms with van der Waals surface area (Å²) in [4.78, 5) is 26.9.